The Morgan fingerprint density at radius 3 is 2.56 bits per heavy atom. The van der Waals surface area contributed by atoms with Gasteiger partial charge in [-0.25, -0.2) is 9.78 Å². The minimum absolute atomic E-state index is 0.0499. The molecule has 2 heterocycles. The molecule has 1 unspecified atom stereocenters. The second-order valence-corrected chi connectivity index (χ2v) is 8.96. The van der Waals surface area contributed by atoms with Crippen LogP contribution in [-0.2, 0) is 16.0 Å². The maximum Gasteiger partial charge on any atom is 0.412 e. The molecule has 1 atom stereocenters. The lowest BCUT2D eigenvalue weighted by atomic mass is 9.99. The van der Waals surface area contributed by atoms with Crippen molar-refractivity contribution in [1.29, 1.82) is 0 Å². The van der Waals surface area contributed by atoms with Crippen LogP contribution in [0, 0.1) is 0 Å². The van der Waals surface area contributed by atoms with Crippen molar-refractivity contribution >= 4 is 39.3 Å². The van der Waals surface area contributed by atoms with Crippen LogP contribution in [0.5, 0.6) is 0 Å². The van der Waals surface area contributed by atoms with E-state index < -0.39 is 18.2 Å². The Bertz CT molecular complexity index is 1530. The number of amides is 1. The van der Waals surface area contributed by atoms with Gasteiger partial charge in [-0.05, 0) is 23.6 Å². The van der Waals surface area contributed by atoms with Gasteiger partial charge in [0, 0.05) is 11.1 Å². The molecule has 2 N–H and O–H groups in total. The summed E-state index contributed by atoms with van der Waals surface area (Å²) in [6.07, 6.45) is 0.349. The Morgan fingerprint density at radius 2 is 1.81 bits per heavy atom. The summed E-state index contributed by atoms with van der Waals surface area (Å²) in [6, 6.07) is 20.7. The SMILES string of the molecule is CC(OC(=O)Nc1cnoc1-c1ccc(-c2ccc(CC(=O)O)c3scnc23)cc1)c1ccccc1. The molecule has 0 saturated heterocycles. The molecular formula is C27H21N3O5S. The Labute approximate surface area is 210 Å². The molecule has 36 heavy (non-hydrogen) atoms. The number of rotatable bonds is 7. The average molecular weight is 500 g/mol. The van der Waals surface area contributed by atoms with Gasteiger partial charge < -0.3 is 14.4 Å². The number of carboxylic acids is 1. The molecule has 0 spiro atoms. The third-order valence-electron chi connectivity index (χ3n) is 5.73. The van der Waals surface area contributed by atoms with Gasteiger partial charge in [-0.3, -0.25) is 10.1 Å². The van der Waals surface area contributed by atoms with Gasteiger partial charge in [-0.2, -0.15) is 0 Å². The summed E-state index contributed by atoms with van der Waals surface area (Å²) in [4.78, 5) is 28.1. The van der Waals surface area contributed by atoms with Gasteiger partial charge in [-0.1, -0.05) is 71.9 Å². The number of carboxylic acid groups (broad SMARTS) is 1. The predicted molar refractivity (Wildman–Crippen MR) is 137 cm³/mol. The second-order valence-electron chi connectivity index (χ2n) is 8.10. The molecule has 5 rings (SSSR count). The van der Waals surface area contributed by atoms with Crippen LogP contribution in [0.2, 0.25) is 0 Å². The maximum absolute atomic E-state index is 12.5. The highest BCUT2D eigenvalue weighted by molar-refractivity contribution is 7.17. The van der Waals surface area contributed by atoms with E-state index in [2.05, 4.69) is 15.5 Å². The highest BCUT2D eigenvalue weighted by Gasteiger charge is 2.18. The zero-order valence-electron chi connectivity index (χ0n) is 19.2. The number of aromatic nitrogens is 2. The van der Waals surface area contributed by atoms with E-state index in [1.54, 1.807) is 12.4 Å². The predicted octanol–water partition coefficient (Wildman–Crippen LogP) is 6.56. The number of thiazole rings is 1. The van der Waals surface area contributed by atoms with Crippen LogP contribution >= 0.6 is 11.3 Å². The number of benzene rings is 3. The first kappa shape index (κ1) is 23.3. The van der Waals surface area contributed by atoms with Crippen LogP contribution < -0.4 is 5.32 Å². The third kappa shape index (κ3) is 4.82. The van der Waals surface area contributed by atoms with Gasteiger partial charge in [0.15, 0.2) is 5.76 Å². The molecule has 0 aliphatic rings. The Hall–Kier alpha value is -4.50. The standard InChI is InChI=1S/C27H21N3O5S/c1-16(17-5-3-2-4-6-17)34-27(33)30-22-14-29-35-25(22)19-9-7-18(8-10-19)21-12-11-20(13-23(31)32)26-24(21)28-15-36-26/h2-12,14-16H,13H2,1H3,(H,30,33)(H,31,32). The summed E-state index contributed by atoms with van der Waals surface area (Å²) in [7, 11) is 0. The van der Waals surface area contributed by atoms with E-state index in [4.69, 9.17) is 9.26 Å². The average Bonchev–Trinajstić information content (AvgIpc) is 3.55. The normalized spacial score (nSPS) is 11.8. The van der Waals surface area contributed by atoms with Gasteiger partial charge in [0.1, 0.15) is 11.8 Å². The number of fused-ring (bicyclic) bond motifs is 1. The molecule has 0 aliphatic carbocycles. The van der Waals surface area contributed by atoms with Crippen molar-refractivity contribution in [2.75, 3.05) is 5.32 Å². The first-order chi connectivity index (χ1) is 17.5. The van der Waals surface area contributed by atoms with Gasteiger partial charge in [0.05, 0.1) is 28.3 Å². The molecule has 0 saturated carbocycles. The largest absolute Gasteiger partial charge is 0.481 e. The molecule has 8 nitrogen and oxygen atoms in total. The fourth-order valence-electron chi connectivity index (χ4n) is 3.97. The van der Waals surface area contributed by atoms with Crippen molar-refractivity contribution in [2.45, 2.75) is 19.4 Å². The molecular weight excluding hydrogens is 478 g/mol. The fraction of sp³-hybridized carbons (Fsp3) is 0.111. The summed E-state index contributed by atoms with van der Waals surface area (Å²) in [5.41, 5.74) is 7.06. The van der Waals surface area contributed by atoms with Crippen LogP contribution in [0.1, 0.15) is 24.2 Å². The van der Waals surface area contributed by atoms with E-state index >= 15 is 0 Å². The van der Waals surface area contributed by atoms with Crippen LogP contribution in [0.25, 0.3) is 32.7 Å². The third-order valence-corrected chi connectivity index (χ3v) is 6.63. The van der Waals surface area contributed by atoms with Crippen LogP contribution in [0.3, 0.4) is 0 Å². The number of hydrogen-bond acceptors (Lipinski definition) is 7. The number of anilines is 1. The van der Waals surface area contributed by atoms with E-state index in [1.165, 1.54) is 17.5 Å². The van der Waals surface area contributed by atoms with Gasteiger partial charge in [0.2, 0.25) is 0 Å². The van der Waals surface area contributed by atoms with E-state index in [0.29, 0.717) is 11.4 Å². The molecule has 0 fully saturated rings. The molecule has 0 aliphatic heterocycles. The van der Waals surface area contributed by atoms with Crippen molar-refractivity contribution in [1.82, 2.24) is 10.1 Å². The van der Waals surface area contributed by atoms with E-state index in [9.17, 15) is 14.7 Å². The number of carbonyl (C=O) groups excluding carboxylic acids is 1. The number of ether oxygens (including phenoxy) is 1. The highest BCUT2D eigenvalue weighted by Crippen LogP contribution is 2.35. The van der Waals surface area contributed by atoms with Crippen LogP contribution in [-0.4, -0.2) is 27.3 Å². The molecule has 1 amide bonds. The van der Waals surface area contributed by atoms with Crippen molar-refractivity contribution in [3.05, 3.63) is 89.6 Å². The van der Waals surface area contributed by atoms with E-state index in [1.807, 2.05) is 66.7 Å². The minimum atomic E-state index is -0.878. The molecule has 5 aromatic rings. The topological polar surface area (TPSA) is 115 Å². The van der Waals surface area contributed by atoms with Gasteiger partial charge in [0.25, 0.3) is 0 Å². The Kier molecular flexibility index (Phi) is 6.46. The second kappa shape index (κ2) is 10.0. The van der Waals surface area contributed by atoms with E-state index in [0.717, 1.165) is 38.0 Å². The lowest BCUT2D eigenvalue weighted by Gasteiger charge is -2.14. The number of carbonyl (C=O) groups is 2. The summed E-state index contributed by atoms with van der Waals surface area (Å²) in [6.45, 7) is 1.80. The zero-order valence-corrected chi connectivity index (χ0v) is 20.0. The molecule has 180 valence electrons. The van der Waals surface area contributed by atoms with E-state index in [-0.39, 0.29) is 6.42 Å². The number of nitrogens with one attached hydrogen (secondary N) is 1. The zero-order chi connectivity index (χ0) is 25.1. The Morgan fingerprint density at radius 1 is 1.06 bits per heavy atom. The van der Waals surface area contributed by atoms with Crippen LogP contribution in [0.4, 0.5) is 10.5 Å². The lowest BCUT2D eigenvalue weighted by molar-refractivity contribution is -0.136. The first-order valence-electron chi connectivity index (χ1n) is 11.1. The molecule has 2 aromatic heterocycles. The summed E-state index contributed by atoms with van der Waals surface area (Å²) < 4.78 is 11.8. The fourth-order valence-corrected chi connectivity index (χ4v) is 4.80. The highest BCUT2D eigenvalue weighted by atomic mass is 32.1. The minimum Gasteiger partial charge on any atom is -0.481 e. The number of aliphatic carboxylic acids is 1. The quantitative estimate of drug-likeness (QED) is 0.261. The monoisotopic (exact) mass is 499 g/mol. The van der Waals surface area contributed by atoms with Crippen molar-refractivity contribution in [3.63, 3.8) is 0 Å². The lowest BCUT2D eigenvalue weighted by Crippen LogP contribution is -2.16. The first-order valence-corrected chi connectivity index (χ1v) is 12.0. The number of hydrogen-bond donors (Lipinski definition) is 2. The van der Waals surface area contributed by atoms with Gasteiger partial charge >= 0.3 is 12.1 Å². The van der Waals surface area contributed by atoms with Crippen molar-refractivity contribution in [3.8, 4) is 22.5 Å². The maximum atomic E-state index is 12.5. The smallest absolute Gasteiger partial charge is 0.412 e. The number of nitrogens with zero attached hydrogens (tertiary/aromatic N) is 2. The molecule has 0 radical (unpaired) electrons. The Balaban J connectivity index is 1.34. The van der Waals surface area contributed by atoms with Crippen molar-refractivity contribution < 1.29 is 24.0 Å². The summed E-state index contributed by atoms with van der Waals surface area (Å²) in [5.74, 6) is -0.474. The summed E-state index contributed by atoms with van der Waals surface area (Å²) >= 11 is 1.43. The van der Waals surface area contributed by atoms with Crippen molar-refractivity contribution in [2.24, 2.45) is 0 Å². The molecule has 3 aromatic carbocycles. The molecule has 0 bridgehead atoms. The summed E-state index contributed by atoms with van der Waals surface area (Å²) in [5, 5.41) is 15.7. The molecule has 9 heteroatoms. The van der Waals surface area contributed by atoms with Crippen LogP contribution in [0.15, 0.2) is 83.0 Å². The van der Waals surface area contributed by atoms with Gasteiger partial charge in [-0.15, -0.1) is 11.3 Å².